The average Bonchev–Trinajstić information content (AvgIpc) is 3.79. The largest absolute Gasteiger partial charge is 0.489 e. The number of allylic oxidation sites excluding steroid dienone is 5. The summed E-state index contributed by atoms with van der Waals surface area (Å²) in [5.74, 6) is 4.66. The Labute approximate surface area is 418 Å². The Bertz CT molecular complexity index is 2540. The minimum atomic E-state index is -0.729. The van der Waals surface area contributed by atoms with Gasteiger partial charge in [-0.3, -0.25) is 0 Å². The molecule has 0 amide bonds. The van der Waals surface area contributed by atoms with Crippen molar-refractivity contribution in [3.05, 3.63) is 158 Å². The topological polar surface area (TPSA) is 36.9 Å². The fraction of sp³-hybridized carbons (Fsp3) is 0.377. The van der Waals surface area contributed by atoms with E-state index in [1.54, 1.807) is 0 Å². The second kappa shape index (κ2) is 23.0. The quantitative estimate of drug-likeness (QED) is 0.0385. The predicted octanol–water partition coefficient (Wildman–Crippen LogP) is 17.6. The molecule has 0 heterocycles. The van der Waals surface area contributed by atoms with E-state index in [1.807, 2.05) is 0 Å². The van der Waals surface area contributed by atoms with E-state index in [9.17, 15) is 0 Å². The van der Waals surface area contributed by atoms with Gasteiger partial charge in [-0.05, 0) is 146 Å². The van der Waals surface area contributed by atoms with Crippen LogP contribution in [0.4, 0.5) is 0 Å². The molecular weight excluding hydrogens is 956 g/mol. The number of alkyl halides is 1. The van der Waals surface area contributed by atoms with E-state index in [-0.39, 0.29) is 0 Å². The molecule has 4 nitrogen and oxygen atoms in total. The third kappa shape index (κ3) is 11.1. The molecule has 4 unspecified atom stereocenters. The summed E-state index contributed by atoms with van der Waals surface area (Å²) >= 11 is 7.17. The molecule has 5 aromatic carbocycles. The number of hydrogen-bond acceptors (Lipinski definition) is 4. The lowest BCUT2D eigenvalue weighted by Crippen LogP contribution is -2.26. The van der Waals surface area contributed by atoms with Crippen LogP contribution in [0.15, 0.2) is 119 Å². The van der Waals surface area contributed by atoms with Crippen LogP contribution < -0.4 is 18.9 Å². The zero-order valence-corrected chi connectivity index (χ0v) is 44.4. The summed E-state index contributed by atoms with van der Waals surface area (Å²) in [6.45, 7) is 22.4. The lowest BCUT2D eigenvalue weighted by molar-refractivity contribution is 0.217. The van der Waals surface area contributed by atoms with E-state index in [1.165, 1.54) is 33.4 Å². The van der Waals surface area contributed by atoms with E-state index < -0.39 is 5.41 Å². The van der Waals surface area contributed by atoms with Crippen molar-refractivity contribution in [1.82, 2.24) is 0 Å². The van der Waals surface area contributed by atoms with Gasteiger partial charge in [0.15, 0.2) is 23.0 Å². The number of rotatable bonds is 22. The van der Waals surface area contributed by atoms with Gasteiger partial charge in [0.25, 0.3) is 0 Å². The van der Waals surface area contributed by atoms with Crippen LogP contribution in [-0.2, 0) is 5.41 Å². The number of hydrogen-bond donors (Lipinski definition) is 0. The summed E-state index contributed by atoms with van der Waals surface area (Å²) in [4.78, 5) is 0. The van der Waals surface area contributed by atoms with E-state index in [0.29, 0.717) is 50.1 Å². The van der Waals surface area contributed by atoms with Crippen LogP contribution in [0.5, 0.6) is 23.0 Å². The molecule has 352 valence electrons. The van der Waals surface area contributed by atoms with Crippen molar-refractivity contribution >= 4 is 50.1 Å². The van der Waals surface area contributed by atoms with Crippen molar-refractivity contribution in [2.45, 2.75) is 93.4 Å². The van der Waals surface area contributed by atoms with Crippen LogP contribution in [0.1, 0.15) is 127 Å². The zero-order chi connectivity index (χ0) is 47.7. The van der Waals surface area contributed by atoms with Crippen LogP contribution >= 0.6 is 31.9 Å². The molecule has 0 N–H and O–H groups in total. The number of halogens is 2. The first-order valence-corrected chi connectivity index (χ1v) is 26.6. The van der Waals surface area contributed by atoms with Crippen LogP contribution in [0.3, 0.4) is 0 Å². The van der Waals surface area contributed by atoms with Gasteiger partial charge in [-0.25, -0.2) is 0 Å². The van der Waals surface area contributed by atoms with E-state index in [0.717, 1.165) is 91.9 Å². The first-order valence-electron chi connectivity index (χ1n) is 24.7. The fourth-order valence-electron chi connectivity index (χ4n) is 8.72. The molecule has 67 heavy (non-hydrogen) atoms. The van der Waals surface area contributed by atoms with Crippen molar-refractivity contribution in [3.8, 4) is 45.3 Å². The molecule has 6 heteroatoms. The van der Waals surface area contributed by atoms with Crippen LogP contribution in [0, 0.1) is 23.7 Å². The number of ether oxygens (including phenoxy) is 4. The highest BCUT2D eigenvalue weighted by atomic mass is 79.9. The Morgan fingerprint density at radius 2 is 0.881 bits per heavy atom. The van der Waals surface area contributed by atoms with E-state index in [4.69, 9.17) is 18.9 Å². The second-order valence-electron chi connectivity index (χ2n) is 18.9. The smallest absolute Gasteiger partial charge is 0.161 e. The van der Waals surface area contributed by atoms with Crippen molar-refractivity contribution in [1.29, 1.82) is 0 Å². The SMILES string of the molecule is C/C=C(\C=C/CBr)/C=C/c1ccc2c(c1)C1(c3cc(/C=C/c4ccc(Br)cc4)ccc3-2)c2cc(OCC(C)CC)c(OCC(C)CC)cc2-c2cc(OCC(C)CC)c(OCC(C)CC)cc21. The molecule has 0 saturated carbocycles. The first-order chi connectivity index (χ1) is 32.5. The lowest BCUT2D eigenvalue weighted by atomic mass is 9.70. The third-order valence-corrected chi connectivity index (χ3v) is 14.8. The Hall–Kier alpha value is -4.78. The average molecular weight is 1030 g/mol. The molecule has 0 radical (unpaired) electrons. The van der Waals surface area contributed by atoms with Crippen molar-refractivity contribution in [3.63, 3.8) is 0 Å². The Kier molecular flexibility index (Phi) is 17.2. The highest BCUT2D eigenvalue weighted by Crippen LogP contribution is 2.65. The first kappa shape index (κ1) is 50.1. The normalized spacial score (nSPS) is 16.9. The van der Waals surface area contributed by atoms with Gasteiger partial charge in [-0.15, -0.1) is 0 Å². The Balaban J connectivity index is 1.56. The third-order valence-electron chi connectivity index (χ3n) is 13.9. The monoisotopic (exact) mass is 1020 g/mol. The summed E-state index contributed by atoms with van der Waals surface area (Å²) in [6.07, 6.45) is 19.4. The summed E-state index contributed by atoms with van der Waals surface area (Å²) in [5, 5.41) is 0.803. The van der Waals surface area contributed by atoms with Gasteiger partial charge in [0.2, 0.25) is 0 Å². The maximum Gasteiger partial charge on any atom is 0.161 e. The summed E-state index contributed by atoms with van der Waals surface area (Å²) in [7, 11) is 0. The van der Waals surface area contributed by atoms with Crippen LogP contribution in [0.25, 0.3) is 40.5 Å². The van der Waals surface area contributed by atoms with Gasteiger partial charge in [0.05, 0.1) is 31.8 Å². The lowest BCUT2D eigenvalue weighted by Gasteiger charge is -2.32. The number of benzene rings is 5. The Morgan fingerprint density at radius 1 is 0.493 bits per heavy atom. The molecule has 2 aliphatic rings. The standard InChI is InChI=1S/C61H70Br2O4/c1-10-40(6)36-64-57-32-51-52-33-58(65-37-41(7)11-2)60(67-39-43(9)13-4)35-56(52)61(55(51)34-59(57)66-38-42(8)12-3)53-30-46(19-17-44(14-5)16-15-29-62)23-27-49(53)50-28-24-47(31-54(50)61)20-18-45-21-25-48(63)26-22-45/h14-28,30-35,40-43H,10-13,29,36-39H2,1-9H3/b16-15-,19-17+,20-18+,44-14+. The molecule has 2 aliphatic carbocycles. The van der Waals surface area contributed by atoms with Gasteiger partial charge in [0, 0.05) is 9.80 Å². The van der Waals surface area contributed by atoms with Gasteiger partial charge < -0.3 is 18.9 Å². The van der Waals surface area contributed by atoms with Crippen LogP contribution in [0.2, 0.25) is 0 Å². The zero-order valence-electron chi connectivity index (χ0n) is 41.2. The summed E-state index contributed by atoms with van der Waals surface area (Å²) < 4.78 is 28.5. The van der Waals surface area contributed by atoms with Gasteiger partial charge in [-0.2, -0.15) is 0 Å². The predicted molar refractivity (Wildman–Crippen MR) is 291 cm³/mol. The maximum absolute atomic E-state index is 6.90. The summed E-state index contributed by atoms with van der Waals surface area (Å²) in [5.41, 5.74) is 13.3. The molecule has 0 bridgehead atoms. The Morgan fingerprint density at radius 3 is 1.30 bits per heavy atom. The molecule has 7 rings (SSSR count). The minimum Gasteiger partial charge on any atom is -0.489 e. The van der Waals surface area contributed by atoms with Crippen molar-refractivity contribution in [2.75, 3.05) is 31.8 Å². The summed E-state index contributed by atoms with van der Waals surface area (Å²) in [6, 6.07) is 31.6. The van der Waals surface area contributed by atoms with Gasteiger partial charge in [0.1, 0.15) is 0 Å². The molecule has 0 aromatic heterocycles. The highest BCUT2D eigenvalue weighted by Gasteiger charge is 2.53. The van der Waals surface area contributed by atoms with Gasteiger partial charge in [-0.1, -0.05) is 192 Å². The molecule has 4 atom stereocenters. The molecule has 0 aliphatic heterocycles. The van der Waals surface area contributed by atoms with Crippen molar-refractivity contribution < 1.29 is 18.9 Å². The fourth-order valence-corrected chi connectivity index (χ4v) is 9.17. The van der Waals surface area contributed by atoms with E-state index >= 15 is 0 Å². The molecule has 0 saturated heterocycles. The van der Waals surface area contributed by atoms with Crippen LogP contribution in [-0.4, -0.2) is 31.8 Å². The molecular formula is C61H70Br2O4. The molecule has 5 aromatic rings. The molecule has 0 fully saturated rings. The highest BCUT2D eigenvalue weighted by molar-refractivity contribution is 9.10. The van der Waals surface area contributed by atoms with E-state index in [2.05, 4.69) is 222 Å². The maximum atomic E-state index is 6.90. The van der Waals surface area contributed by atoms with Gasteiger partial charge >= 0.3 is 0 Å². The van der Waals surface area contributed by atoms with Crippen molar-refractivity contribution in [2.24, 2.45) is 23.7 Å². The molecule has 1 spiro atoms. The minimum absolute atomic E-state index is 0.381. The number of fused-ring (bicyclic) bond motifs is 10. The second-order valence-corrected chi connectivity index (χ2v) is 20.5.